The summed E-state index contributed by atoms with van der Waals surface area (Å²) < 4.78 is 5.54. The Morgan fingerprint density at radius 3 is 2.65 bits per heavy atom. The summed E-state index contributed by atoms with van der Waals surface area (Å²) in [5.41, 5.74) is 3.00. The van der Waals surface area contributed by atoms with Gasteiger partial charge in [0.1, 0.15) is 17.8 Å². The van der Waals surface area contributed by atoms with Gasteiger partial charge in [0, 0.05) is 11.8 Å². The summed E-state index contributed by atoms with van der Waals surface area (Å²) >= 11 is 0. The van der Waals surface area contributed by atoms with Crippen molar-refractivity contribution in [2.45, 2.75) is 26.7 Å². The molecule has 0 saturated heterocycles. The standard InChI is InChI=1S/C19H19NO3/c1-13-10-16(11-14(2)18(13)21)19(22)20-8-9-23-17(12-20)15-6-4-3-5-7-15/h3-4,6,8-12,21H,5,7H2,1-2H3. The van der Waals surface area contributed by atoms with E-state index in [1.807, 2.05) is 12.2 Å². The molecule has 0 spiro atoms. The number of allylic oxidation sites excluding steroid dienone is 4. The first-order chi connectivity index (χ1) is 11.1. The topological polar surface area (TPSA) is 49.8 Å². The minimum absolute atomic E-state index is 0.153. The average molecular weight is 309 g/mol. The minimum atomic E-state index is -0.153. The number of hydrogen-bond donors (Lipinski definition) is 1. The van der Waals surface area contributed by atoms with Crippen molar-refractivity contribution in [1.29, 1.82) is 0 Å². The quantitative estimate of drug-likeness (QED) is 0.896. The van der Waals surface area contributed by atoms with Gasteiger partial charge >= 0.3 is 0 Å². The van der Waals surface area contributed by atoms with Crippen LogP contribution >= 0.6 is 0 Å². The highest BCUT2D eigenvalue weighted by atomic mass is 16.5. The van der Waals surface area contributed by atoms with Gasteiger partial charge in [0.2, 0.25) is 0 Å². The highest BCUT2D eigenvalue weighted by Gasteiger charge is 2.19. The fraction of sp³-hybridized carbons (Fsp3) is 0.211. The number of phenols is 1. The maximum atomic E-state index is 12.7. The zero-order chi connectivity index (χ0) is 16.4. The molecule has 2 aliphatic rings. The second-order valence-corrected chi connectivity index (χ2v) is 5.73. The van der Waals surface area contributed by atoms with E-state index in [0.29, 0.717) is 22.4 Å². The third kappa shape index (κ3) is 3.06. The predicted octanol–water partition coefficient (Wildman–Crippen LogP) is 4.07. The first-order valence-electron chi connectivity index (χ1n) is 7.60. The molecule has 1 amide bonds. The number of aryl methyl sites for hydroxylation is 2. The van der Waals surface area contributed by atoms with Crippen molar-refractivity contribution in [3.8, 4) is 5.75 Å². The summed E-state index contributed by atoms with van der Waals surface area (Å²) in [7, 11) is 0. The van der Waals surface area contributed by atoms with Crippen molar-refractivity contribution in [3.05, 3.63) is 77.0 Å². The van der Waals surface area contributed by atoms with E-state index in [4.69, 9.17) is 4.74 Å². The zero-order valence-electron chi connectivity index (χ0n) is 13.2. The lowest BCUT2D eigenvalue weighted by molar-refractivity contribution is 0.0855. The second kappa shape index (κ2) is 6.16. The summed E-state index contributed by atoms with van der Waals surface area (Å²) in [6, 6.07) is 3.40. The minimum Gasteiger partial charge on any atom is -0.507 e. The highest BCUT2D eigenvalue weighted by molar-refractivity contribution is 5.96. The molecule has 118 valence electrons. The molecule has 1 heterocycles. The van der Waals surface area contributed by atoms with Gasteiger partial charge in [-0.2, -0.15) is 0 Å². The summed E-state index contributed by atoms with van der Waals surface area (Å²) in [4.78, 5) is 14.2. The van der Waals surface area contributed by atoms with E-state index < -0.39 is 0 Å². The number of carbonyl (C=O) groups is 1. The number of hydrogen-bond acceptors (Lipinski definition) is 3. The van der Waals surface area contributed by atoms with Crippen molar-refractivity contribution in [3.63, 3.8) is 0 Å². The largest absolute Gasteiger partial charge is 0.507 e. The van der Waals surface area contributed by atoms with E-state index in [-0.39, 0.29) is 11.7 Å². The van der Waals surface area contributed by atoms with Crippen LogP contribution in [0, 0.1) is 13.8 Å². The van der Waals surface area contributed by atoms with E-state index in [2.05, 4.69) is 6.08 Å². The Morgan fingerprint density at radius 2 is 2.00 bits per heavy atom. The summed E-state index contributed by atoms with van der Waals surface area (Å²) in [6.07, 6.45) is 12.8. The first-order valence-corrected chi connectivity index (χ1v) is 7.60. The smallest absolute Gasteiger partial charge is 0.262 e. The van der Waals surface area contributed by atoms with Crippen LogP contribution in [0.4, 0.5) is 0 Å². The molecular formula is C19H19NO3. The lowest BCUT2D eigenvalue weighted by Gasteiger charge is -2.22. The normalized spacial score (nSPS) is 16.7. The Labute approximate surface area is 135 Å². The third-order valence-electron chi connectivity index (χ3n) is 3.98. The Morgan fingerprint density at radius 1 is 1.26 bits per heavy atom. The van der Waals surface area contributed by atoms with E-state index in [1.54, 1.807) is 38.4 Å². The van der Waals surface area contributed by atoms with Gasteiger partial charge in [0.25, 0.3) is 5.91 Å². The van der Waals surface area contributed by atoms with E-state index in [0.717, 1.165) is 18.4 Å². The molecule has 23 heavy (non-hydrogen) atoms. The maximum Gasteiger partial charge on any atom is 0.262 e. The molecule has 0 atom stereocenters. The van der Waals surface area contributed by atoms with Gasteiger partial charge < -0.3 is 9.84 Å². The molecule has 0 fully saturated rings. The van der Waals surface area contributed by atoms with Crippen LogP contribution in [0.25, 0.3) is 0 Å². The second-order valence-electron chi connectivity index (χ2n) is 5.73. The van der Waals surface area contributed by atoms with Gasteiger partial charge in [-0.1, -0.05) is 18.2 Å². The van der Waals surface area contributed by atoms with Crippen molar-refractivity contribution in [2.24, 2.45) is 0 Å². The molecule has 1 aliphatic heterocycles. The van der Waals surface area contributed by atoms with Gasteiger partial charge in [0.15, 0.2) is 0 Å². The predicted molar refractivity (Wildman–Crippen MR) is 88.5 cm³/mol. The Balaban J connectivity index is 1.88. The van der Waals surface area contributed by atoms with Crippen molar-refractivity contribution >= 4 is 5.91 Å². The number of phenolic OH excluding ortho intramolecular Hbond substituents is 1. The zero-order valence-corrected chi connectivity index (χ0v) is 13.2. The van der Waals surface area contributed by atoms with Gasteiger partial charge in [-0.3, -0.25) is 9.69 Å². The highest BCUT2D eigenvalue weighted by Crippen LogP contribution is 2.27. The molecular weight excluding hydrogens is 290 g/mol. The number of nitrogens with zero attached hydrogens (tertiary/aromatic N) is 1. The maximum absolute atomic E-state index is 12.7. The lowest BCUT2D eigenvalue weighted by atomic mass is 10.0. The molecule has 0 unspecified atom stereocenters. The van der Waals surface area contributed by atoms with Crippen LogP contribution in [0.2, 0.25) is 0 Å². The van der Waals surface area contributed by atoms with Crippen LogP contribution < -0.4 is 0 Å². The molecule has 1 aromatic carbocycles. The molecule has 1 aliphatic carbocycles. The molecule has 0 aromatic heterocycles. The third-order valence-corrected chi connectivity index (χ3v) is 3.98. The number of aromatic hydroxyl groups is 1. The van der Waals surface area contributed by atoms with Gasteiger partial charge in [-0.15, -0.1) is 0 Å². The summed E-state index contributed by atoms with van der Waals surface area (Å²) in [5.74, 6) is 0.770. The van der Waals surface area contributed by atoms with E-state index in [1.165, 1.54) is 11.2 Å². The number of amides is 1. The van der Waals surface area contributed by atoms with Crippen LogP contribution in [0.1, 0.15) is 34.3 Å². The van der Waals surface area contributed by atoms with E-state index >= 15 is 0 Å². The summed E-state index contributed by atoms with van der Waals surface area (Å²) in [6.45, 7) is 3.57. The number of ether oxygens (including phenoxy) is 1. The Hall–Kier alpha value is -2.75. The average Bonchev–Trinajstić information content (AvgIpc) is 2.59. The molecule has 1 aromatic rings. The fourth-order valence-electron chi connectivity index (χ4n) is 2.69. The molecule has 4 heteroatoms. The van der Waals surface area contributed by atoms with Gasteiger partial charge in [-0.05, 0) is 55.5 Å². The van der Waals surface area contributed by atoms with Gasteiger partial charge in [0.05, 0.1) is 6.20 Å². The van der Waals surface area contributed by atoms with Crippen molar-refractivity contribution in [2.75, 3.05) is 0 Å². The van der Waals surface area contributed by atoms with Crippen molar-refractivity contribution in [1.82, 2.24) is 4.90 Å². The van der Waals surface area contributed by atoms with Crippen LogP contribution in [-0.4, -0.2) is 15.9 Å². The number of carbonyl (C=O) groups excluding carboxylic acids is 1. The van der Waals surface area contributed by atoms with Crippen LogP contribution in [0.5, 0.6) is 5.75 Å². The van der Waals surface area contributed by atoms with E-state index in [9.17, 15) is 9.90 Å². The molecule has 0 radical (unpaired) electrons. The number of rotatable bonds is 2. The van der Waals surface area contributed by atoms with Crippen LogP contribution in [-0.2, 0) is 4.74 Å². The fourth-order valence-corrected chi connectivity index (χ4v) is 2.69. The van der Waals surface area contributed by atoms with Gasteiger partial charge in [-0.25, -0.2) is 0 Å². The lowest BCUT2D eigenvalue weighted by Crippen LogP contribution is -2.23. The van der Waals surface area contributed by atoms with Crippen LogP contribution in [0.15, 0.2) is 60.4 Å². The monoisotopic (exact) mass is 309 g/mol. The SMILES string of the molecule is Cc1cc(C(=O)N2C=COC(C3=CC=CCC3)=C2)cc(C)c1O. The number of benzene rings is 1. The van der Waals surface area contributed by atoms with Crippen molar-refractivity contribution < 1.29 is 14.6 Å². The first kappa shape index (κ1) is 15.2. The van der Waals surface area contributed by atoms with Crippen LogP contribution in [0.3, 0.4) is 0 Å². The molecule has 0 saturated carbocycles. The Bertz CT molecular complexity index is 746. The molecule has 0 bridgehead atoms. The summed E-state index contributed by atoms with van der Waals surface area (Å²) in [5, 5.41) is 9.85. The molecule has 3 rings (SSSR count). The molecule has 1 N–H and O–H groups in total. The Kier molecular flexibility index (Phi) is 4.06. The molecule has 4 nitrogen and oxygen atoms in total.